The van der Waals surface area contributed by atoms with Crippen molar-refractivity contribution in [1.82, 2.24) is 0 Å². The van der Waals surface area contributed by atoms with Gasteiger partial charge in [0, 0.05) is 0 Å². The summed E-state index contributed by atoms with van der Waals surface area (Å²) in [6.07, 6.45) is 4.61. The van der Waals surface area contributed by atoms with Crippen LogP contribution in [0, 0.1) is 0 Å². The van der Waals surface area contributed by atoms with E-state index in [1.807, 2.05) is 0 Å². The van der Waals surface area contributed by atoms with Crippen molar-refractivity contribution in [3.63, 3.8) is 0 Å². The number of rotatable bonds is 0. The highest BCUT2D eigenvalue weighted by Gasteiger charge is 2.01. The van der Waals surface area contributed by atoms with E-state index < -0.39 is 0 Å². The molecule has 4 aliphatic carbocycles. The molecule has 0 radical (unpaired) electrons. The van der Waals surface area contributed by atoms with Crippen LogP contribution in [0.15, 0.2) is 48.5 Å². The molecule has 2 heteroatoms. The molecule has 18 heavy (non-hydrogen) atoms. The SMILES string of the molecule is O=P.c1cc2ccc1CCc1ccc(cc1)CC2. The monoisotopic (exact) mass is 256 g/mol. The van der Waals surface area contributed by atoms with Gasteiger partial charge in [-0.05, 0) is 47.9 Å². The summed E-state index contributed by atoms with van der Waals surface area (Å²) in [5.41, 5.74) is 5.81. The highest BCUT2D eigenvalue weighted by Crippen LogP contribution is 2.14. The summed E-state index contributed by atoms with van der Waals surface area (Å²) >= 11 is 0. The van der Waals surface area contributed by atoms with Crippen LogP contribution in [-0.2, 0) is 30.2 Å². The van der Waals surface area contributed by atoms with Crippen LogP contribution < -0.4 is 0 Å². The van der Waals surface area contributed by atoms with Crippen molar-refractivity contribution >= 4 is 9.12 Å². The minimum absolute atomic E-state index is 1.15. The van der Waals surface area contributed by atoms with Gasteiger partial charge in [-0.3, -0.25) is 4.57 Å². The molecule has 0 fully saturated rings. The fraction of sp³-hybridized carbons (Fsp3) is 0.250. The molecule has 1 nitrogen and oxygen atoms in total. The summed E-state index contributed by atoms with van der Waals surface area (Å²) < 4.78 is 8.06. The van der Waals surface area contributed by atoms with Crippen LogP contribution in [-0.4, -0.2) is 0 Å². The maximum absolute atomic E-state index is 8.06. The average Bonchev–Trinajstić information content (AvgIpc) is 2.45. The van der Waals surface area contributed by atoms with Crippen LogP contribution >= 0.6 is 9.12 Å². The molecule has 0 unspecified atom stereocenters. The minimum Gasteiger partial charge on any atom is -0.279 e. The normalized spacial score (nSPS) is 13.1. The Balaban J connectivity index is 0.000000574. The molecular formula is C16H17OP. The number of hydrogen-bond donors (Lipinski definition) is 0. The van der Waals surface area contributed by atoms with Gasteiger partial charge in [0.05, 0.1) is 0 Å². The second-order valence-corrected chi connectivity index (χ2v) is 4.63. The van der Waals surface area contributed by atoms with Crippen molar-refractivity contribution in [2.24, 2.45) is 0 Å². The van der Waals surface area contributed by atoms with Crippen molar-refractivity contribution in [2.75, 3.05) is 0 Å². The summed E-state index contributed by atoms with van der Waals surface area (Å²) in [6, 6.07) is 18.2. The Bertz CT molecular complexity index is 394. The van der Waals surface area contributed by atoms with Gasteiger partial charge >= 0.3 is 0 Å². The van der Waals surface area contributed by atoms with Crippen molar-refractivity contribution in [2.45, 2.75) is 25.7 Å². The van der Waals surface area contributed by atoms with E-state index in [0.29, 0.717) is 0 Å². The molecule has 0 amide bonds. The lowest BCUT2D eigenvalue weighted by atomic mass is 9.97. The van der Waals surface area contributed by atoms with Crippen LogP contribution in [0.5, 0.6) is 0 Å². The third kappa shape index (κ3) is 3.27. The summed E-state index contributed by atoms with van der Waals surface area (Å²) in [5, 5.41) is 0. The first kappa shape index (κ1) is 13.0. The lowest BCUT2D eigenvalue weighted by Crippen LogP contribution is -1.97. The third-order valence-corrected chi connectivity index (χ3v) is 3.45. The molecule has 0 N–H and O–H groups in total. The van der Waals surface area contributed by atoms with E-state index in [0.717, 1.165) is 25.7 Å². The van der Waals surface area contributed by atoms with Gasteiger partial charge in [0.15, 0.2) is 0 Å². The number of hydrogen-bond acceptors (Lipinski definition) is 1. The Morgan fingerprint density at radius 2 is 0.667 bits per heavy atom. The third-order valence-electron chi connectivity index (χ3n) is 3.45. The van der Waals surface area contributed by atoms with Crippen molar-refractivity contribution in [1.29, 1.82) is 0 Å². The Labute approximate surface area is 110 Å². The highest BCUT2D eigenvalue weighted by molar-refractivity contribution is 7.00. The zero-order valence-electron chi connectivity index (χ0n) is 10.4. The molecule has 6 rings (SSSR count). The highest BCUT2D eigenvalue weighted by atomic mass is 31.0. The van der Waals surface area contributed by atoms with Crippen LogP contribution in [0.4, 0.5) is 0 Å². The van der Waals surface area contributed by atoms with E-state index in [1.54, 1.807) is 9.12 Å². The summed E-state index contributed by atoms with van der Waals surface area (Å²) in [4.78, 5) is 0. The fourth-order valence-electron chi connectivity index (χ4n) is 2.32. The lowest BCUT2D eigenvalue weighted by molar-refractivity contribution is 0.607. The van der Waals surface area contributed by atoms with Gasteiger partial charge in [0.2, 0.25) is 0 Å². The van der Waals surface area contributed by atoms with Crippen LogP contribution in [0.3, 0.4) is 0 Å². The van der Waals surface area contributed by atoms with Crippen molar-refractivity contribution in [3.05, 3.63) is 70.8 Å². The molecule has 2 aromatic carbocycles. The van der Waals surface area contributed by atoms with Crippen LogP contribution in [0.25, 0.3) is 0 Å². The Hall–Kier alpha value is -1.46. The first-order valence-corrected chi connectivity index (χ1v) is 6.67. The second-order valence-electron chi connectivity index (χ2n) is 4.63. The molecule has 2 aromatic rings. The summed E-state index contributed by atoms with van der Waals surface area (Å²) in [7, 11) is 1.72. The maximum Gasteiger partial charge on any atom is 0.138 e. The van der Waals surface area contributed by atoms with E-state index in [9.17, 15) is 0 Å². The van der Waals surface area contributed by atoms with Gasteiger partial charge in [-0.15, -0.1) is 0 Å². The molecule has 0 spiro atoms. The van der Waals surface area contributed by atoms with E-state index in [2.05, 4.69) is 48.5 Å². The minimum atomic E-state index is 1.15. The van der Waals surface area contributed by atoms with Gasteiger partial charge in [0.25, 0.3) is 0 Å². The van der Waals surface area contributed by atoms with Crippen molar-refractivity contribution < 1.29 is 4.57 Å². The standard InChI is InChI=1S/C16H16.HOP/c1-2-14-4-3-13(1)9-10-15-5-7-16(8-6-15)12-11-14;1-2/h1-8H,9-12H2;2H. The maximum atomic E-state index is 8.06. The molecule has 0 aromatic heterocycles. The van der Waals surface area contributed by atoms with Gasteiger partial charge in [-0.1, -0.05) is 48.5 Å². The molecule has 0 saturated carbocycles. The first-order valence-electron chi connectivity index (χ1n) is 6.26. The van der Waals surface area contributed by atoms with Gasteiger partial charge in [-0.2, -0.15) is 0 Å². The van der Waals surface area contributed by atoms with Gasteiger partial charge < -0.3 is 0 Å². The van der Waals surface area contributed by atoms with Crippen molar-refractivity contribution in [3.8, 4) is 0 Å². The molecule has 92 valence electrons. The van der Waals surface area contributed by atoms with E-state index >= 15 is 0 Å². The molecule has 0 atom stereocenters. The fourth-order valence-corrected chi connectivity index (χ4v) is 2.32. The van der Waals surface area contributed by atoms with Gasteiger partial charge in [0.1, 0.15) is 9.12 Å². The number of benzene rings is 2. The quantitative estimate of drug-likeness (QED) is 0.650. The summed E-state index contributed by atoms with van der Waals surface area (Å²) in [5.74, 6) is 0. The first-order chi connectivity index (χ1) is 8.90. The molecule has 0 saturated heterocycles. The zero-order valence-corrected chi connectivity index (χ0v) is 11.4. The average molecular weight is 256 g/mol. The van der Waals surface area contributed by atoms with Crippen LogP contribution in [0.1, 0.15) is 22.3 Å². The number of aryl methyl sites for hydroxylation is 4. The van der Waals surface area contributed by atoms with E-state index in [1.165, 1.54) is 22.3 Å². The van der Waals surface area contributed by atoms with E-state index in [-0.39, 0.29) is 0 Å². The Morgan fingerprint density at radius 1 is 0.500 bits per heavy atom. The predicted molar refractivity (Wildman–Crippen MR) is 76.7 cm³/mol. The summed E-state index contributed by atoms with van der Waals surface area (Å²) in [6.45, 7) is 0. The molecule has 0 heterocycles. The predicted octanol–water partition coefficient (Wildman–Crippen LogP) is 4.05. The smallest absolute Gasteiger partial charge is 0.138 e. The second kappa shape index (κ2) is 6.47. The molecular weight excluding hydrogens is 239 g/mol. The zero-order chi connectivity index (χ0) is 12.8. The Morgan fingerprint density at radius 3 is 0.833 bits per heavy atom. The van der Waals surface area contributed by atoms with Gasteiger partial charge in [-0.25, -0.2) is 0 Å². The molecule has 4 bridgehead atoms. The largest absolute Gasteiger partial charge is 0.279 e. The molecule has 0 aliphatic heterocycles. The topological polar surface area (TPSA) is 17.1 Å². The van der Waals surface area contributed by atoms with E-state index in [4.69, 9.17) is 4.57 Å². The Kier molecular flexibility index (Phi) is 4.66. The van der Waals surface area contributed by atoms with Crippen LogP contribution in [0.2, 0.25) is 0 Å². The lowest BCUT2D eigenvalue weighted by Gasteiger charge is -2.09. The molecule has 4 aliphatic rings.